The Kier molecular flexibility index (Phi) is 6.74. The zero-order chi connectivity index (χ0) is 21.7. The van der Waals surface area contributed by atoms with Crippen LogP contribution >= 0.6 is 0 Å². The monoisotopic (exact) mass is 418 g/mol. The molecule has 0 bridgehead atoms. The standard InChI is InChI=1S/C20H20F2N4O4/c1-2-29-20(28)14-11-26(8-6-23)7-5-16(14)24-19(27)17-10-18(30-25-17)13-4-3-12(21)9-15(13)22/h3-4,9-10,14,16H,2,5,7-8,11H2,1H3,(H,24,27)/t14-,16-/m0/s1. The molecule has 158 valence electrons. The van der Waals surface area contributed by atoms with Crippen LogP contribution in [0.1, 0.15) is 23.8 Å². The Balaban J connectivity index is 1.73. The minimum absolute atomic E-state index is 0.0246. The van der Waals surface area contributed by atoms with E-state index in [1.165, 1.54) is 12.1 Å². The summed E-state index contributed by atoms with van der Waals surface area (Å²) in [6.45, 7) is 2.87. The second-order valence-corrected chi connectivity index (χ2v) is 6.82. The van der Waals surface area contributed by atoms with Crippen molar-refractivity contribution in [1.82, 2.24) is 15.4 Å². The van der Waals surface area contributed by atoms with Crippen molar-refractivity contribution in [1.29, 1.82) is 5.26 Å². The van der Waals surface area contributed by atoms with E-state index >= 15 is 0 Å². The van der Waals surface area contributed by atoms with Gasteiger partial charge in [-0.05, 0) is 25.5 Å². The predicted molar refractivity (Wildman–Crippen MR) is 99.9 cm³/mol. The molecule has 2 heterocycles. The number of piperidine rings is 1. The molecule has 0 radical (unpaired) electrons. The third-order valence-corrected chi connectivity index (χ3v) is 4.84. The highest BCUT2D eigenvalue weighted by Crippen LogP contribution is 2.25. The number of benzene rings is 1. The highest BCUT2D eigenvalue weighted by atomic mass is 19.1. The fourth-order valence-electron chi connectivity index (χ4n) is 3.36. The first-order valence-electron chi connectivity index (χ1n) is 9.41. The zero-order valence-electron chi connectivity index (χ0n) is 16.2. The number of hydrogen-bond donors (Lipinski definition) is 1. The van der Waals surface area contributed by atoms with Crippen molar-refractivity contribution in [3.8, 4) is 17.4 Å². The molecule has 2 atom stereocenters. The number of amides is 1. The Hall–Kier alpha value is -3.32. The molecule has 3 rings (SSSR count). The molecule has 1 amide bonds. The fourth-order valence-corrected chi connectivity index (χ4v) is 3.36. The summed E-state index contributed by atoms with van der Waals surface area (Å²) in [4.78, 5) is 26.8. The van der Waals surface area contributed by atoms with Crippen LogP contribution in [-0.4, -0.2) is 54.2 Å². The van der Waals surface area contributed by atoms with Gasteiger partial charge in [-0.1, -0.05) is 5.16 Å². The third kappa shape index (κ3) is 4.80. The van der Waals surface area contributed by atoms with E-state index in [2.05, 4.69) is 10.5 Å². The van der Waals surface area contributed by atoms with Gasteiger partial charge in [0.25, 0.3) is 5.91 Å². The molecule has 1 aliphatic heterocycles. The van der Waals surface area contributed by atoms with Gasteiger partial charge in [-0.3, -0.25) is 14.5 Å². The second kappa shape index (κ2) is 9.45. The van der Waals surface area contributed by atoms with Gasteiger partial charge in [-0.15, -0.1) is 0 Å². The lowest BCUT2D eigenvalue weighted by atomic mass is 9.91. The topological polar surface area (TPSA) is 108 Å². The van der Waals surface area contributed by atoms with Gasteiger partial charge in [0.15, 0.2) is 11.5 Å². The van der Waals surface area contributed by atoms with Crippen LogP contribution in [0.5, 0.6) is 0 Å². The smallest absolute Gasteiger partial charge is 0.312 e. The molecule has 8 nitrogen and oxygen atoms in total. The van der Waals surface area contributed by atoms with Gasteiger partial charge < -0.3 is 14.6 Å². The number of carbonyl (C=O) groups is 2. The van der Waals surface area contributed by atoms with Crippen molar-refractivity contribution in [2.24, 2.45) is 5.92 Å². The summed E-state index contributed by atoms with van der Waals surface area (Å²) in [5.74, 6) is -3.30. The van der Waals surface area contributed by atoms with Crippen LogP contribution in [0.4, 0.5) is 8.78 Å². The maximum atomic E-state index is 13.9. The number of halogens is 2. The van der Waals surface area contributed by atoms with Crippen LogP contribution < -0.4 is 5.32 Å². The Labute approximate surface area is 171 Å². The minimum Gasteiger partial charge on any atom is -0.466 e. The average molecular weight is 418 g/mol. The number of likely N-dealkylation sites (tertiary alicyclic amines) is 1. The SMILES string of the molecule is CCOC(=O)[C@H]1CN(CC#N)CC[C@@H]1NC(=O)c1cc(-c2ccc(F)cc2F)on1. The van der Waals surface area contributed by atoms with Crippen molar-refractivity contribution in [3.05, 3.63) is 41.6 Å². The molecule has 1 aliphatic rings. The molecule has 1 N–H and O–H groups in total. The van der Waals surface area contributed by atoms with E-state index in [4.69, 9.17) is 14.5 Å². The number of aromatic nitrogens is 1. The van der Waals surface area contributed by atoms with Gasteiger partial charge >= 0.3 is 5.97 Å². The van der Waals surface area contributed by atoms with Gasteiger partial charge in [0.05, 0.1) is 30.7 Å². The molecule has 1 saturated heterocycles. The fraction of sp³-hybridized carbons (Fsp3) is 0.400. The Morgan fingerprint density at radius 3 is 2.90 bits per heavy atom. The van der Waals surface area contributed by atoms with Crippen LogP contribution in [0.2, 0.25) is 0 Å². The van der Waals surface area contributed by atoms with Crippen LogP contribution in [-0.2, 0) is 9.53 Å². The van der Waals surface area contributed by atoms with Crippen LogP contribution in [0.15, 0.2) is 28.8 Å². The highest BCUT2D eigenvalue weighted by molar-refractivity contribution is 5.93. The van der Waals surface area contributed by atoms with E-state index in [9.17, 15) is 18.4 Å². The number of nitrogens with one attached hydrogen (secondary N) is 1. The summed E-state index contributed by atoms with van der Waals surface area (Å²) in [7, 11) is 0. The van der Waals surface area contributed by atoms with Gasteiger partial charge in [-0.25, -0.2) is 8.78 Å². The molecule has 10 heteroatoms. The van der Waals surface area contributed by atoms with Crippen molar-refractivity contribution >= 4 is 11.9 Å². The summed E-state index contributed by atoms with van der Waals surface area (Å²) in [5, 5.41) is 15.3. The molecule has 30 heavy (non-hydrogen) atoms. The van der Waals surface area contributed by atoms with Gasteiger partial charge in [-0.2, -0.15) is 5.26 Å². The first-order chi connectivity index (χ1) is 14.4. The summed E-state index contributed by atoms with van der Waals surface area (Å²) >= 11 is 0. The summed E-state index contributed by atoms with van der Waals surface area (Å²) in [6, 6.07) is 5.74. The van der Waals surface area contributed by atoms with E-state index in [1.54, 1.807) is 6.92 Å². The van der Waals surface area contributed by atoms with Gasteiger partial charge in [0.2, 0.25) is 0 Å². The quantitative estimate of drug-likeness (QED) is 0.565. The molecule has 0 saturated carbocycles. The molecule has 1 aromatic carbocycles. The number of nitrogens with zero attached hydrogens (tertiary/aromatic N) is 3. The highest BCUT2D eigenvalue weighted by Gasteiger charge is 2.36. The normalized spacial score (nSPS) is 19.1. The van der Waals surface area contributed by atoms with Crippen molar-refractivity contribution in [2.75, 3.05) is 26.2 Å². The molecule has 0 aliphatic carbocycles. The Bertz CT molecular complexity index is 972. The predicted octanol–water partition coefficient (Wildman–Crippen LogP) is 2.13. The lowest BCUT2D eigenvalue weighted by Crippen LogP contribution is -2.54. The van der Waals surface area contributed by atoms with Crippen molar-refractivity contribution < 1.29 is 27.6 Å². The average Bonchev–Trinajstić information content (AvgIpc) is 3.19. The maximum absolute atomic E-state index is 13.9. The molecular weight excluding hydrogens is 398 g/mol. The molecular formula is C20H20F2N4O4. The summed E-state index contributed by atoms with van der Waals surface area (Å²) < 4.78 is 37.1. The van der Waals surface area contributed by atoms with Gasteiger partial charge in [0.1, 0.15) is 11.6 Å². The minimum atomic E-state index is -0.842. The number of rotatable bonds is 6. The maximum Gasteiger partial charge on any atom is 0.312 e. The van der Waals surface area contributed by atoms with E-state index in [0.717, 1.165) is 6.07 Å². The number of esters is 1. The molecule has 0 spiro atoms. The van der Waals surface area contributed by atoms with E-state index in [-0.39, 0.29) is 36.7 Å². The number of nitriles is 1. The van der Waals surface area contributed by atoms with E-state index in [1.807, 2.05) is 11.0 Å². The molecule has 1 fully saturated rings. The molecule has 2 aromatic rings. The van der Waals surface area contributed by atoms with Crippen LogP contribution in [0, 0.1) is 28.9 Å². The van der Waals surface area contributed by atoms with Crippen LogP contribution in [0.25, 0.3) is 11.3 Å². The second-order valence-electron chi connectivity index (χ2n) is 6.82. The van der Waals surface area contributed by atoms with Crippen LogP contribution in [0.3, 0.4) is 0 Å². The number of ether oxygens (including phenoxy) is 1. The van der Waals surface area contributed by atoms with E-state index < -0.39 is 35.5 Å². The first kappa shape index (κ1) is 21.4. The number of carbonyl (C=O) groups excluding carboxylic acids is 2. The van der Waals surface area contributed by atoms with Gasteiger partial charge in [0, 0.05) is 31.3 Å². The molecule has 1 aromatic heterocycles. The first-order valence-corrected chi connectivity index (χ1v) is 9.41. The summed E-state index contributed by atoms with van der Waals surface area (Å²) in [5.41, 5.74) is -0.132. The number of hydrogen-bond acceptors (Lipinski definition) is 7. The van der Waals surface area contributed by atoms with Crippen molar-refractivity contribution in [2.45, 2.75) is 19.4 Å². The molecule has 0 unspecified atom stereocenters. The van der Waals surface area contributed by atoms with Crippen molar-refractivity contribution in [3.63, 3.8) is 0 Å². The largest absolute Gasteiger partial charge is 0.466 e. The zero-order valence-corrected chi connectivity index (χ0v) is 16.2. The lowest BCUT2D eigenvalue weighted by molar-refractivity contribution is -0.150. The van der Waals surface area contributed by atoms with E-state index in [0.29, 0.717) is 19.0 Å². The lowest BCUT2D eigenvalue weighted by Gasteiger charge is -2.36. The Morgan fingerprint density at radius 2 is 2.20 bits per heavy atom. The summed E-state index contributed by atoms with van der Waals surface area (Å²) in [6.07, 6.45) is 0.439. The third-order valence-electron chi connectivity index (χ3n) is 4.84. The Morgan fingerprint density at radius 1 is 1.40 bits per heavy atom.